The maximum atomic E-state index is 13.8. The normalized spacial score (nSPS) is 19.5. The number of guanidine groups is 1. The molecular weight excluding hydrogens is 492 g/mol. The lowest BCUT2D eigenvalue weighted by Crippen LogP contribution is -2.42. The van der Waals surface area contributed by atoms with Gasteiger partial charge in [-0.05, 0) is 43.7 Å². The van der Waals surface area contributed by atoms with Gasteiger partial charge in [-0.2, -0.15) is 0 Å². The van der Waals surface area contributed by atoms with E-state index in [2.05, 4.69) is 15.2 Å². The van der Waals surface area contributed by atoms with Crippen molar-refractivity contribution in [1.29, 1.82) is 0 Å². The van der Waals surface area contributed by atoms with Gasteiger partial charge < -0.3 is 10.2 Å². The number of benzene rings is 1. The summed E-state index contributed by atoms with van der Waals surface area (Å²) < 4.78 is 38.6. The zero-order valence-electron chi connectivity index (χ0n) is 16.5. The second-order valence-electron chi connectivity index (χ2n) is 7.72. The third kappa shape index (κ3) is 5.58. The Morgan fingerprint density at radius 2 is 1.93 bits per heavy atom. The Morgan fingerprint density at radius 1 is 1.21 bits per heavy atom. The summed E-state index contributed by atoms with van der Waals surface area (Å²) in [6.45, 7) is 4.84. The van der Waals surface area contributed by atoms with Crippen molar-refractivity contribution in [1.82, 2.24) is 10.2 Å². The molecule has 0 atom stereocenters. The van der Waals surface area contributed by atoms with Crippen molar-refractivity contribution >= 4 is 39.8 Å². The quantitative estimate of drug-likeness (QED) is 0.362. The van der Waals surface area contributed by atoms with E-state index in [1.807, 2.05) is 6.92 Å². The molecule has 158 valence electrons. The number of likely N-dealkylation sites (tertiary alicyclic amines) is 1. The molecule has 5 nitrogen and oxygen atoms in total. The summed E-state index contributed by atoms with van der Waals surface area (Å²) in [7, 11) is -3.68. The van der Waals surface area contributed by atoms with Gasteiger partial charge in [-0.25, -0.2) is 12.8 Å². The van der Waals surface area contributed by atoms with Crippen LogP contribution in [0.2, 0.25) is 0 Å². The Bertz CT molecular complexity index is 779. The minimum absolute atomic E-state index is 0. The van der Waals surface area contributed by atoms with Gasteiger partial charge >= 0.3 is 0 Å². The Balaban J connectivity index is 0.00000280. The van der Waals surface area contributed by atoms with Gasteiger partial charge in [0.2, 0.25) is 0 Å². The van der Waals surface area contributed by atoms with Crippen LogP contribution in [0.1, 0.15) is 45.4 Å². The van der Waals surface area contributed by atoms with E-state index < -0.39 is 15.7 Å². The van der Waals surface area contributed by atoms with Crippen LogP contribution >= 0.6 is 24.0 Å². The number of nitrogens with zero attached hydrogens (tertiary/aromatic N) is 2. The standard InChI is InChI=1S/C20H30FN3O2S.HI/c1-2-22-19(24-14-12-20(16-24)10-6-3-7-11-20)23-13-15-27(25,26)18-9-5-4-8-17(18)21;/h4-5,8-9H,2-3,6-7,10-16H2,1H3,(H,22,23);1H. The molecule has 1 aromatic rings. The van der Waals surface area contributed by atoms with Crippen LogP contribution in [0.25, 0.3) is 0 Å². The number of hydrogen-bond acceptors (Lipinski definition) is 3. The zero-order chi connectivity index (χ0) is 19.3. The minimum Gasteiger partial charge on any atom is -0.357 e. The predicted molar refractivity (Wildman–Crippen MR) is 122 cm³/mol. The highest BCUT2D eigenvalue weighted by Crippen LogP contribution is 2.43. The van der Waals surface area contributed by atoms with Crippen LogP contribution in [0.15, 0.2) is 34.2 Å². The molecule has 0 unspecified atom stereocenters. The van der Waals surface area contributed by atoms with Gasteiger partial charge in [-0.3, -0.25) is 4.99 Å². The fourth-order valence-corrected chi connectivity index (χ4v) is 5.53. The molecule has 8 heteroatoms. The van der Waals surface area contributed by atoms with Gasteiger partial charge in [-0.1, -0.05) is 31.4 Å². The number of aliphatic imine (C=N–C) groups is 1. The summed E-state index contributed by atoms with van der Waals surface area (Å²) in [6.07, 6.45) is 7.70. The highest BCUT2D eigenvalue weighted by Gasteiger charge is 2.39. The first kappa shape index (κ1) is 23.4. The first-order valence-corrected chi connectivity index (χ1v) is 11.6. The summed E-state index contributed by atoms with van der Waals surface area (Å²) in [5, 5.41) is 3.29. The third-order valence-corrected chi connectivity index (χ3v) is 7.50. The van der Waals surface area contributed by atoms with Crippen LogP contribution in [-0.2, 0) is 9.84 Å². The van der Waals surface area contributed by atoms with Crippen molar-refractivity contribution in [2.24, 2.45) is 10.4 Å². The highest BCUT2D eigenvalue weighted by atomic mass is 127. The maximum absolute atomic E-state index is 13.8. The topological polar surface area (TPSA) is 61.8 Å². The van der Waals surface area contributed by atoms with Gasteiger partial charge in [0.05, 0.1) is 12.3 Å². The zero-order valence-corrected chi connectivity index (χ0v) is 19.6. The van der Waals surface area contributed by atoms with Gasteiger partial charge in [0.25, 0.3) is 0 Å². The van der Waals surface area contributed by atoms with Crippen molar-refractivity contribution in [3.8, 4) is 0 Å². The monoisotopic (exact) mass is 523 g/mol. The predicted octanol–water partition coefficient (Wildman–Crippen LogP) is 3.84. The average Bonchev–Trinajstić information content (AvgIpc) is 3.05. The fraction of sp³-hybridized carbons (Fsp3) is 0.650. The summed E-state index contributed by atoms with van der Waals surface area (Å²) in [5.41, 5.74) is 0.410. The molecule has 1 heterocycles. The van der Waals surface area contributed by atoms with E-state index in [9.17, 15) is 12.8 Å². The van der Waals surface area contributed by atoms with Crippen LogP contribution in [-0.4, -0.2) is 51.2 Å². The molecule has 0 bridgehead atoms. The van der Waals surface area contributed by atoms with E-state index in [1.54, 1.807) is 0 Å². The van der Waals surface area contributed by atoms with E-state index in [-0.39, 0.29) is 41.2 Å². The van der Waals surface area contributed by atoms with Crippen molar-refractivity contribution in [3.63, 3.8) is 0 Å². The lowest BCUT2D eigenvalue weighted by atomic mass is 9.73. The summed E-state index contributed by atoms with van der Waals surface area (Å²) in [5.74, 6) is -0.113. The third-order valence-electron chi connectivity index (χ3n) is 5.78. The SMILES string of the molecule is CCNC(=NCCS(=O)(=O)c1ccccc1F)N1CCC2(CCCCC2)C1.I. The van der Waals surface area contributed by atoms with Crippen LogP contribution < -0.4 is 5.32 Å². The Kier molecular flexibility index (Phi) is 8.54. The van der Waals surface area contributed by atoms with Crippen molar-refractivity contribution < 1.29 is 12.8 Å². The molecule has 1 spiro atoms. The van der Waals surface area contributed by atoms with Gasteiger partial charge in [0.1, 0.15) is 10.7 Å². The molecule has 1 saturated heterocycles. The average molecular weight is 523 g/mol. The number of sulfone groups is 1. The molecule has 0 amide bonds. The number of halogens is 2. The molecule has 1 aliphatic carbocycles. The fourth-order valence-electron chi connectivity index (χ4n) is 4.33. The van der Waals surface area contributed by atoms with E-state index in [0.29, 0.717) is 5.41 Å². The van der Waals surface area contributed by atoms with Crippen LogP contribution in [0, 0.1) is 11.2 Å². The second-order valence-corrected chi connectivity index (χ2v) is 9.79. The Labute approximate surface area is 185 Å². The van der Waals surface area contributed by atoms with Crippen molar-refractivity contribution in [2.45, 2.75) is 50.3 Å². The summed E-state index contributed by atoms with van der Waals surface area (Å²) in [6, 6.07) is 5.52. The van der Waals surface area contributed by atoms with E-state index in [0.717, 1.165) is 25.6 Å². The highest BCUT2D eigenvalue weighted by molar-refractivity contribution is 14.0. The molecule has 1 saturated carbocycles. The van der Waals surface area contributed by atoms with E-state index in [4.69, 9.17) is 0 Å². The molecular formula is C20H31FIN3O2S. The van der Waals surface area contributed by atoms with Gasteiger partial charge in [0, 0.05) is 19.6 Å². The minimum atomic E-state index is -3.68. The van der Waals surface area contributed by atoms with E-state index in [1.165, 1.54) is 62.8 Å². The van der Waals surface area contributed by atoms with Crippen molar-refractivity contribution in [2.75, 3.05) is 31.9 Å². The Morgan fingerprint density at radius 3 is 2.61 bits per heavy atom. The smallest absolute Gasteiger partial charge is 0.193 e. The molecule has 28 heavy (non-hydrogen) atoms. The molecule has 0 radical (unpaired) electrons. The molecule has 0 aromatic heterocycles. The van der Waals surface area contributed by atoms with Crippen LogP contribution in [0.3, 0.4) is 0 Å². The molecule has 1 aromatic carbocycles. The van der Waals surface area contributed by atoms with Gasteiger partial charge in [-0.15, -0.1) is 24.0 Å². The molecule has 2 aliphatic rings. The van der Waals surface area contributed by atoms with Crippen LogP contribution in [0.4, 0.5) is 4.39 Å². The molecule has 3 rings (SSSR count). The second kappa shape index (κ2) is 10.2. The number of rotatable bonds is 5. The van der Waals surface area contributed by atoms with Crippen molar-refractivity contribution in [3.05, 3.63) is 30.1 Å². The molecule has 1 N–H and O–H groups in total. The molecule has 1 aliphatic heterocycles. The lowest BCUT2D eigenvalue weighted by molar-refractivity contribution is 0.203. The largest absolute Gasteiger partial charge is 0.357 e. The maximum Gasteiger partial charge on any atom is 0.193 e. The first-order chi connectivity index (χ1) is 13.0. The summed E-state index contributed by atoms with van der Waals surface area (Å²) >= 11 is 0. The van der Waals surface area contributed by atoms with Gasteiger partial charge in [0.15, 0.2) is 15.8 Å². The van der Waals surface area contributed by atoms with Crippen LogP contribution in [0.5, 0.6) is 0 Å². The summed E-state index contributed by atoms with van der Waals surface area (Å²) in [4.78, 5) is 6.57. The molecule has 2 fully saturated rings. The number of hydrogen-bond donors (Lipinski definition) is 1. The van der Waals surface area contributed by atoms with E-state index >= 15 is 0 Å². The Hall–Kier alpha value is -0.900. The number of nitrogens with one attached hydrogen (secondary N) is 1. The first-order valence-electron chi connectivity index (χ1n) is 9.96. The lowest BCUT2D eigenvalue weighted by Gasteiger charge is -2.33.